The van der Waals surface area contributed by atoms with E-state index in [4.69, 9.17) is 13.7 Å². The van der Waals surface area contributed by atoms with E-state index in [0.717, 1.165) is 12.1 Å². The number of hydrogen-bond acceptors (Lipinski definition) is 7. The van der Waals surface area contributed by atoms with Crippen molar-refractivity contribution in [1.82, 2.24) is 10.1 Å². The van der Waals surface area contributed by atoms with Gasteiger partial charge in [-0.05, 0) is 18.2 Å². The number of rotatable bonds is 5. The van der Waals surface area contributed by atoms with Gasteiger partial charge in [0.2, 0.25) is 5.82 Å². The van der Waals surface area contributed by atoms with Crippen LogP contribution < -0.4 is 4.74 Å². The van der Waals surface area contributed by atoms with Crippen molar-refractivity contribution in [2.45, 2.75) is 12.8 Å². The summed E-state index contributed by atoms with van der Waals surface area (Å²) in [5.74, 6) is -0.256. The van der Waals surface area contributed by atoms with Gasteiger partial charge in [0.05, 0.1) is 11.2 Å². The molecule has 0 atom stereocenters. The molecule has 0 aliphatic heterocycles. The van der Waals surface area contributed by atoms with E-state index in [1.807, 2.05) is 0 Å². The number of aromatic nitrogens is 2. The largest absolute Gasteiger partial charge is 0.485 e. The van der Waals surface area contributed by atoms with E-state index in [2.05, 4.69) is 10.1 Å². The van der Waals surface area contributed by atoms with Crippen LogP contribution in [0.15, 0.2) is 45.5 Å². The zero-order valence-electron chi connectivity index (χ0n) is 12.2. The average Bonchev–Trinajstić information content (AvgIpc) is 3.23. The van der Waals surface area contributed by atoms with Crippen LogP contribution in [0.5, 0.6) is 5.75 Å². The third-order valence-electron chi connectivity index (χ3n) is 3.04. The van der Waals surface area contributed by atoms with Crippen molar-refractivity contribution in [2.75, 3.05) is 0 Å². The smallest absolute Gasteiger partial charge is 0.420 e. The second kappa shape index (κ2) is 6.26. The maximum atomic E-state index is 13.0. The first-order chi connectivity index (χ1) is 11.8. The summed E-state index contributed by atoms with van der Waals surface area (Å²) >= 11 is 0. The van der Waals surface area contributed by atoms with E-state index in [9.17, 15) is 23.3 Å². The Hall–Kier alpha value is -3.37. The van der Waals surface area contributed by atoms with E-state index in [1.165, 1.54) is 6.26 Å². The predicted octanol–water partition coefficient (Wildman–Crippen LogP) is 3.84. The van der Waals surface area contributed by atoms with Gasteiger partial charge in [0.25, 0.3) is 11.6 Å². The molecule has 130 valence electrons. The Morgan fingerprint density at radius 2 is 2.08 bits per heavy atom. The van der Waals surface area contributed by atoms with E-state index in [0.29, 0.717) is 11.8 Å². The maximum absolute atomic E-state index is 13.0. The number of nitro benzene ring substituents is 1. The Bertz CT molecular complexity index is 890. The quantitative estimate of drug-likeness (QED) is 0.506. The summed E-state index contributed by atoms with van der Waals surface area (Å²) in [7, 11) is 0. The molecule has 0 N–H and O–H groups in total. The summed E-state index contributed by atoms with van der Waals surface area (Å²) in [6.07, 6.45) is -3.43. The molecule has 11 heteroatoms. The van der Waals surface area contributed by atoms with Crippen LogP contribution in [0.4, 0.5) is 18.9 Å². The second-order valence-electron chi connectivity index (χ2n) is 4.72. The molecule has 0 radical (unpaired) electrons. The zero-order valence-corrected chi connectivity index (χ0v) is 12.2. The van der Waals surface area contributed by atoms with E-state index >= 15 is 0 Å². The topological polar surface area (TPSA) is 104 Å². The molecule has 0 saturated heterocycles. The van der Waals surface area contributed by atoms with Crippen molar-refractivity contribution < 1.29 is 31.8 Å². The highest BCUT2D eigenvalue weighted by Gasteiger charge is 2.36. The van der Waals surface area contributed by atoms with Crippen molar-refractivity contribution in [3.8, 4) is 17.4 Å². The van der Waals surface area contributed by atoms with Gasteiger partial charge in [0, 0.05) is 12.1 Å². The molecular formula is C14H8F3N3O5. The minimum Gasteiger partial charge on any atom is -0.485 e. The summed E-state index contributed by atoms with van der Waals surface area (Å²) < 4.78 is 54.1. The molecule has 1 aromatic carbocycles. The first-order valence-electron chi connectivity index (χ1n) is 6.69. The lowest BCUT2D eigenvalue weighted by molar-refractivity contribution is -0.385. The first kappa shape index (κ1) is 16.5. The molecule has 3 rings (SSSR count). The number of nitro groups is 1. The van der Waals surface area contributed by atoms with Crippen LogP contribution in [0, 0.1) is 10.1 Å². The molecular weight excluding hydrogens is 347 g/mol. The fourth-order valence-corrected chi connectivity index (χ4v) is 1.93. The molecule has 0 bridgehead atoms. The highest BCUT2D eigenvalue weighted by molar-refractivity contribution is 5.45. The minimum absolute atomic E-state index is 0.0159. The molecule has 0 aliphatic rings. The highest BCUT2D eigenvalue weighted by atomic mass is 19.4. The van der Waals surface area contributed by atoms with Gasteiger partial charge in [-0.2, -0.15) is 18.2 Å². The van der Waals surface area contributed by atoms with Crippen molar-refractivity contribution in [3.05, 3.63) is 58.1 Å². The van der Waals surface area contributed by atoms with Gasteiger partial charge >= 0.3 is 6.18 Å². The van der Waals surface area contributed by atoms with Crippen LogP contribution in [0.25, 0.3) is 11.7 Å². The maximum Gasteiger partial charge on any atom is 0.420 e. The second-order valence-corrected chi connectivity index (χ2v) is 4.72. The van der Waals surface area contributed by atoms with Gasteiger partial charge in [-0.15, -0.1) is 0 Å². The molecule has 0 aliphatic carbocycles. The Morgan fingerprint density at radius 3 is 2.72 bits per heavy atom. The number of hydrogen-bond donors (Lipinski definition) is 0. The van der Waals surface area contributed by atoms with Gasteiger partial charge in [-0.3, -0.25) is 10.1 Å². The third kappa shape index (κ3) is 3.59. The average molecular weight is 355 g/mol. The molecule has 2 aromatic heterocycles. The first-order valence-corrected chi connectivity index (χ1v) is 6.69. The lowest BCUT2D eigenvalue weighted by Gasteiger charge is -2.12. The van der Waals surface area contributed by atoms with Gasteiger partial charge in [-0.1, -0.05) is 5.16 Å². The number of benzene rings is 1. The number of ether oxygens (including phenoxy) is 1. The summed E-state index contributed by atoms with van der Waals surface area (Å²) in [6, 6.07) is 5.35. The van der Waals surface area contributed by atoms with E-state index in [-0.39, 0.29) is 11.7 Å². The van der Waals surface area contributed by atoms with Crippen LogP contribution in [-0.2, 0) is 12.8 Å². The highest BCUT2D eigenvalue weighted by Crippen LogP contribution is 2.38. The fraction of sp³-hybridized carbons (Fsp3) is 0.143. The monoisotopic (exact) mass is 355 g/mol. The van der Waals surface area contributed by atoms with Crippen molar-refractivity contribution in [1.29, 1.82) is 0 Å². The number of non-ortho nitro benzene ring substituents is 1. The zero-order chi connectivity index (χ0) is 18.0. The number of furan rings is 1. The molecule has 0 saturated carbocycles. The number of alkyl halides is 3. The van der Waals surface area contributed by atoms with Crippen molar-refractivity contribution >= 4 is 5.69 Å². The molecule has 0 fully saturated rings. The number of nitrogens with zero attached hydrogens (tertiary/aromatic N) is 3. The SMILES string of the molecule is O=[N+]([O-])c1ccc(OCc2noc(-c3ccco3)n2)c(C(F)(F)F)c1. The van der Waals surface area contributed by atoms with Crippen LogP contribution >= 0.6 is 0 Å². The standard InChI is InChI=1S/C14H8F3N3O5/c15-14(16,17)9-6-8(20(21)22)3-4-10(9)24-7-12-18-13(25-19-12)11-2-1-5-23-11/h1-6H,7H2. The van der Waals surface area contributed by atoms with Crippen LogP contribution in [0.3, 0.4) is 0 Å². The summed E-state index contributed by atoms with van der Waals surface area (Å²) in [5.41, 5.74) is -1.96. The number of halogens is 3. The van der Waals surface area contributed by atoms with Crippen LogP contribution in [0.2, 0.25) is 0 Å². The van der Waals surface area contributed by atoms with Crippen molar-refractivity contribution in [2.24, 2.45) is 0 Å². The Balaban J connectivity index is 1.80. The predicted molar refractivity (Wildman–Crippen MR) is 74.4 cm³/mol. The van der Waals surface area contributed by atoms with E-state index < -0.39 is 34.7 Å². The summed E-state index contributed by atoms with van der Waals surface area (Å²) in [4.78, 5) is 13.6. The van der Waals surface area contributed by atoms with Gasteiger partial charge in [0.1, 0.15) is 11.3 Å². The lowest BCUT2D eigenvalue weighted by Crippen LogP contribution is -2.10. The van der Waals surface area contributed by atoms with Gasteiger partial charge in [0.15, 0.2) is 12.4 Å². The molecule has 25 heavy (non-hydrogen) atoms. The van der Waals surface area contributed by atoms with Gasteiger partial charge < -0.3 is 13.7 Å². The minimum atomic E-state index is -4.82. The molecule has 2 heterocycles. The van der Waals surface area contributed by atoms with E-state index in [1.54, 1.807) is 12.1 Å². The fourth-order valence-electron chi connectivity index (χ4n) is 1.93. The van der Waals surface area contributed by atoms with Gasteiger partial charge in [-0.25, -0.2) is 0 Å². The Labute approximate surface area is 137 Å². The molecule has 0 unspecified atom stereocenters. The summed E-state index contributed by atoms with van der Waals surface area (Å²) in [6.45, 7) is -0.425. The molecule has 0 spiro atoms. The molecule has 8 nitrogen and oxygen atoms in total. The third-order valence-corrected chi connectivity index (χ3v) is 3.04. The van der Waals surface area contributed by atoms with Crippen LogP contribution in [0.1, 0.15) is 11.4 Å². The molecule has 3 aromatic rings. The Morgan fingerprint density at radius 1 is 1.28 bits per heavy atom. The van der Waals surface area contributed by atoms with Crippen molar-refractivity contribution in [3.63, 3.8) is 0 Å². The lowest BCUT2D eigenvalue weighted by atomic mass is 10.1. The Kier molecular flexibility index (Phi) is 4.13. The summed E-state index contributed by atoms with van der Waals surface area (Å²) in [5, 5.41) is 14.2. The molecule has 0 amide bonds. The van der Waals surface area contributed by atoms with Crippen LogP contribution in [-0.4, -0.2) is 15.1 Å². The normalized spacial score (nSPS) is 11.5.